The minimum absolute atomic E-state index is 0.0692. The fraction of sp³-hybridized carbons (Fsp3) is 0.417. The molecule has 0 heterocycles. The molecule has 0 bridgehead atoms. The Labute approximate surface area is 111 Å². The highest BCUT2D eigenvalue weighted by molar-refractivity contribution is 5.80. The molecule has 0 fully saturated rings. The van der Waals surface area contributed by atoms with Crippen molar-refractivity contribution in [2.75, 3.05) is 32.6 Å². The zero-order valence-electron chi connectivity index (χ0n) is 11.2. The molecule has 1 aromatic carbocycles. The minimum atomic E-state index is -0.499. The predicted molar refractivity (Wildman–Crippen MR) is 71.4 cm³/mol. The van der Waals surface area contributed by atoms with Crippen molar-refractivity contribution >= 4 is 17.3 Å². The summed E-state index contributed by atoms with van der Waals surface area (Å²) in [6, 6.07) is 4.34. The molecule has 0 atom stereocenters. The average molecular weight is 267 g/mol. The number of carbonyl (C=O) groups excluding carboxylic acids is 1. The number of non-ortho nitro benzene ring substituents is 1. The lowest BCUT2D eigenvalue weighted by molar-refractivity contribution is -0.384. The molecule has 0 saturated heterocycles. The van der Waals surface area contributed by atoms with Gasteiger partial charge in [-0.25, -0.2) is 0 Å². The van der Waals surface area contributed by atoms with Gasteiger partial charge in [0.05, 0.1) is 24.1 Å². The van der Waals surface area contributed by atoms with Crippen molar-refractivity contribution in [3.8, 4) is 5.75 Å². The van der Waals surface area contributed by atoms with Gasteiger partial charge in [-0.15, -0.1) is 0 Å². The van der Waals surface area contributed by atoms with Crippen molar-refractivity contribution in [2.45, 2.75) is 6.92 Å². The van der Waals surface area contributed by atoms with Gasteiger partial charge in [0.2, 0.25) is 5.91 Å². The van der Waals surface area contributed by atoms with Crippen molar-refractivity contribution in [1.82, 2.24) is 4.90 Å². The highest BCUT2D eigenvalue weighted by Crippen LogP contribution is 2.25. The molecule has 7 heteroatoms. The van der Waals surface area contributed by atoms with E-state index in [0.29, 0.717) is 18.0 Å². The Kier molecular flexibility index (Phi) is 5.11. The van der Waals surface area contributed by atoms with E-state index in [2.05, 4.69) is 5.32 Å². The van der Waals surface area contributed by atoms with Crippen molar-refractivity contribution < 1.29 is 14.5 Å². The molecule has 1 N–H and O–H groups in total. The zero-order valence-corrected chi connectivity index (χ0v) is 11.2. The Morgan fingerprint density at radius 3 is 2.63 bits per heavy atom. The van der Waals surface area contributed by atoms with Gasteiger partial charge >= 0.3 is 0 Å². The summed E-state index contributed by atoms with van der Waals surface area (Å²) in [5, 5.41) is 13.6. The Hall–Kier alpha value is -2.31. The SMILES string of the molecule is CCOc1cc(NCC(=O)N(C)C)cc([N+](=O)[O-])c1. The van der Waals surface area contributed by atoms with E-state index in [9.17, 15) is 14.9 Å². The summed E-state index contributed by atoms with van der Waals surface area (Å²) in [5.41, 5.74) is 0.401. The van der Waals surface area contributed by atoms with E-state index in [1.165, 1.54) is 17.0 Å². The van der Waals surface area contributed by atoms with E-state index in [0.717, 1.165) is 0 Å². The Balaban J connectivity index is 2.87. The van der Waals surface area contributed by atoms with Gasteiger partial charge in [0.25, 0.3) is 5.69 Å². The van der Waals surface area contributed by atoms with Crippen molar-refractivity contribution in [3.63, 3.8) is 0 Å². The van der Waals surface area contributed by atoms with Crippen LogP contribution in [0.25, 0.3) is 0 Å². The highest BCUT2D eigenvalue weighted by Gasteiger charge is 2.11. The summed E-state index contributed by atoms with van der Waals surface area (Å²) in [6.07, 6.45) is 0. The van der Waals surface area contributed by atoms with Gasteiger partial charge in [-0.2, -0.15) is 0 Å². The summed E-state index contributed by atoms with van der Waals surface area (Å²) in [4.78, 5) is 23.2. The number of nitro groups is 1. The lowest BCUT2D eigenvalue weighted by Crippen LogP contribution is -2.28. The first-order chi connectivity index (χ1) is 8.93. The number of nitro benzene ring substituents is 1. The summed E-state index contributed by atoms with van der Waals surface area (Å²) >= 11 is 0. The van der Waals surface area contributed by atoms with Crippen molar-refractivity contribution in [2.24, 2.45) is 0 Å². The van der Waals surface area contributed by atoms with Crippen LogP contribution in [-0.2, 0) is 4.79 Å². The molecule has 0 spiro atoms. The number of ether oxygens (including phenoxy) is 1. The van der Waals surface area contributed by atoms with Crippen LogP contribution in [0, 0.1) is 10.1 Å². The second-order valence-electron chi connectivity index (χ2n) is 4.05. The van der Waals surface area contributed by atoms with Crippen LogP contribution in [0.3, 0.4) is 0 Å². The third kappa shape index (κ3) is 4.46. The smallest absolute Gasteiger partial charge is 0.275 e. The van der Waals surface area contributed by atoms with Crippen molar-refractivity contribution in [1.29, 1.82) is 0 Å². The van der Waals surface area contributed by atoms with E-state index < -0.39 is 4.92 Å². The van der Waals surface area contributed by atoms with Crippen LogP contribution >= 0.6 is 0 Å². The number of nitrogens with one attached hydrogen (secondary N) is 1. The van der Waals surface area contributed by atoms with Crippen LogP contribution < -0.4 is 10.1 Å². The third-order valence-electron chi connectivity index (χ3n) is 2.36. The Morgan fingerprint density at radius 1 is 1.42 bits per heavy atom. The van der Waals surface area contributed by atoms with E-state index in [-0.39, 0.29) is 18.1 Å². The van der Waals surface area contributed by atoms with Gasteiger partial charge in [-0.1, -0.05) is 0 Å². The van der Waals surface area contributed by atoms with Gasteiger partial charge in [0.15, 0.2) is 0 Å². The predicted octanol–water partition coefficient (Wildman–Crippen LogP) is 1.49. The molecule has 0 aliphatic heterocycles. The van der Waals surface area contributed by atoms with Crippen LogP contribution in [0.2, 0.25) is 0 Å². The summed E-state index contributed by atoms with van der Waals surface area (Å²) in [5.74, 6) is 0.279. The maximum atomic E-state index is 11.4. The first-order valence-electron chi connectivity index (χ1n) is 5.80. The number of likely N-dealkylation sites (N-methyl/N-ethyl adjacent to an activating group) is 1. The van der Waals surface area contributed by atoms with Crippen LogP contribution in [0.5, 0.6) is 5.75 Å². The zero-order chi connectivity index (χ0) is 14.4. The maximum Gasteiger partial charge on any atom is 0.275 e. The number of nitrogens with zero attached hydrogens (tertiary/aromatic N) is 2. The lowest BCUT2D eigenvalue weighted by atomic mass is 10.2. The summed E-state index contributed by atoms with van der Waals surface area (Å²) in [7, 11) is 3.28. The Morgan fingerprint density at radius 2 is 2.11 bits per heavy atom. The van der Waals surface area contributed by atoms with E-state index in [4.69, 9.17) is 4.74 Å². The summed E-state index contributed by atoms with van der Waals surface area (Å²) < 4.78 is 5.25. The molecule has 1 rings (SSSR count). The first kappa shape index (κ1) is 14.7. The number of anilines is 1. The largest absolute Gasteiger partial charge is 0.494 e. The molecule has 0 aromatic heterocycles. The number of carbonyl (C=O) groups is 1. The topological polar surface area (TPSA) is 84.7 Å². The molecule has 0 unspecified atom stereocenters. The van der Waals surface area contributed by atoms with Crippen LogP contribution in [0.4, 0.5) is 11.4 Å². The second kappa shape index (κ2) is 6.58. The van der Waals surface area contributed by atoms with Crippen LogP contribution in [0.15, 0.2) is 18.2 Å². The second-order valence-corrected chi connectivity index (χ2v) is 4.05. The fourth-order valence-electron chi connectivity index (χ4n) is 1.38. The molecule has 104 valence electrons. The lowest BCUT2D eigenvalue weighted by Gasteiger charge is -2.12. The van der Waals surface area contributed by atoms with E-state index >= 15 is 0 Å². The van der Waals surface area contributed by atoms with Crippen molar-refractivity contribution in [3.05, 3.63) is 28.3 Å². The molecule has 0 aliphatic carbocycles. The molecular formula is C12H17N3O4. The molecule has 1 aromatic rings. The maximum absolute atomic E-state index is 11.4. The normalized spacial score (nSPS) is 9.84. The first-order valence-corrected chi connectivity index (χ1v) is 5.80. The molecule has 19 heavy (non-hydrogen) atoms. The molecule has 7 nitrogen and oxygen atoms in total. The molecule has 1 amide bonds. The third-order valence-corrected chi connectivity index (χ3v) is 2.36. The number of rotatable bonds is 6. The van der Waals surface area contributed by atoms with Gasteiger partial charge in [-0.3, -0.25) is 14.9 Å². The van der Waals surface area contributed by atoms with Crippen LogP contribution in [0.1, 0.15) is 6.92 Å². The molecule has 0 aliphatic rings. The highest BCUT2D eigenvalue weighted by atomic mass is 16.6. The van der Waals surface area contributed by atoms with Gasteiger partial charge < -0.3 is 15.0 Å². The molecule has 0 saturated carbocycles. The number of benzene rings is 1. The average Bonchev–Trinajstić information content (AvgIpc) is 2.35. The quantitative estimate of drug-likeness (QED) is 0.623. The monoisotopic (exact) mass is 267 g/mol. The molecule has 0 radical (unpaired) electrons. The number of hydrogen-bond acceptors (Lipinski definition) is 5. The van der Waals surface area contributed by atoms with Crippen LogP contribution in [-0.4, -0.2) is 43.0 Å². The number of amides is 1. The standard InChI is InChI=1S/C12H17N3O4/c1-4-19-11-6-9(5-10(7-11)15(17)18)13-8-12(16)14(2)3/h5-7,13H,4,8H2,1-3H3. The van der Waals surface area contributed by atoms with Gasteiger partial charge in [0, 0.05) is 31.9 Å². The minimum Gasteiger partial charge on any atom is -0.494 e. The van der Waals surface area contributed by atoms with Gasteiger partial charge in [-0.05, 0) is 6.92 Å². The number of hydrogen-bond donors (Lipinski definition) is 1. The van der Waals surface area contributed by atoms with E-state index in [1.54, 1.807) is 27.1 Å². The summed E-state index contributed by atoms with van der Waals surface area (Å²) in [6.45, 7) is 2.28. The van der Waals surface area contributed by atoms with E-state index in [1.807, 2.05) is 0 Å². The fourth-order valence-corrected chi connectivity index (χ4v) is 1.38. The van der Waals surface area contributed by atoms with Gasteiger partial charge in [0.1, 0.15) is 5.75 Å². The molecular weight excluding hydrogens is 250 g/mol. The Bertz CT molecular complexity index is 474.